The zero-order valence-corrected chi connectivity index (χ0v) is 16.3. The molecule has 2 aromatic carbocycles. The van der Waals surface area contributed by atoms with E-state index in [4.69, 9.17) is 0 Å². The first kappa shape index (κ1) is 19.0. The third-order valence-corrected chi connectivity index (χ3v) is 7.40. The van der Waals surface area contributed by atoms with Crippen LogP contribution in [-0.4, -0.2) is 48.7 Å². The molecule has 8 heteroatoms. The molecule has 0 aromatic heterocycles. The van der Waals surface area contributed by atoms with Gasteiger partial charge in [0.2, 0.25) is 10.0 Å². The molecule has 0 aliphatic carbocycles. The van der Waals surface area contributed by atoms with Crippen LogP contribution < -0.4 is 0 Å². The van der Waals surface area contributed by atoms with Crippen LogP contribution in [0.1, 0.15) is 12.0 Å². The summed E-state index contributed by atoms with van der Waals surface area (Å²) < 4.78 is 27.6. The lowest BCUT2D eigenvalue weighted by atomic mass is 9.85. The lowest BCUT2D eigenvalue weighted by Gasteiger charge is -2.45. The molecule has 2 fully saturated rings. The summed E-state index contributed by atoms with van der Waals surface area (Å²) in [7, 11) is -3.63. The molecule has 7 nitrogen and oxygen atoms in total. The van der Waals surface area contributed by atoms with Gasteiger partial charge in [-0.15, -0.1) is 0 Å². The Labute approximate surface area is 164 Å². The predicted molar refractivity (Wildman–Crippen MR) is 105 cm³/mol. The van der Waals surface area contributed by atoms with Crippen molar-refractivity contribution in [2.75, 3.05) is 26.2 Å². The van der Waals surface area contributed by atoms with E-state index in [-0.39, 0.29) is 10.6 Å². The Balaban J connectivity index is 1.45. The van der Waals surface area contributed by atoms with Crippen molar-refractivity contribution < 1.29 is 13.3 Å². The number of nitro benzene ring substituents is 1. The number of hydrogen-bond acceptors (Lipinski definition) is 5. The lowest BCUT2D eigenvalue weighted by Crippen LogP contribution is -2.53. The van der Waals surface area contributed by atoms with E-state index in [2.05, 4.69) is 17.0 Å². The summed E-state index contributed by atoms with van der Waals surface area (Å²) in [6.07, 6.45) is 1.05. The highest BCUT2D eigenvalue weighted by atomic mass is 32.2. The van der Waals surface area contributed by atoms with Gasteiger partial charge in [-0.25, -0.2) is 8.42 Å². The van der Waals surface area contributed by atoms with Gasteiger partial charge >= 0.3 is 0 Å². The molecule has 4 rings (SSSR count). The standard InChI is InChI=1S/C20H23N3O4S/c24-23(25)19-6-8-20(9-7-19)28(26,27)22-14-17-10-18(15-22)13-21(12-17)11-16-4-2-1-3-5-16/h1-9,17-18H,10-15H2. The monoisotopic (exact) mass is 401 g/mol. The first-order valence-electron chi connectivity index (χ1n) is 9.43. The number of sulfonamides is 1. The highest BCUT2D eigenvalue weighted by Gasteiger charge is 2.39. The van der Waals surface area contributed by atoms with Crippen molar-refractivity contribution in [2.24, 2.45) is 11.8 Å². The Kier molecular flexibility index (Phi) is 5.18. The number of non-ortho nitro benzene ring substituents is 1. The maximum atomic E-state index is 13.0. The second kappa shape index (κ2) is 7.62. The fraction of sp³-hybridized carbons (Fsp3) is 0.400. The molecule has 0 radical (unpaired) electrons. The van der Waals surface area contributed by atoms with Crippen molar-refractivity contribution in [1.82, 2.24) is 9.21 Å². The molecule has 2 aliphatic rings. The van der Waals surface area contributed by atoms with Crippen molar-refractivity contribution in [3.63, 3.8) is 0 Å². The van der Waals surface area contributed by atoms with E-state index in [1.807, 2.05) is 18.2 Å². The van der Waals surface area contributed by atoms with E-state index in [0.29, 0.717) is 24.9 Å². The second-order valence-corrected chi connectivity index (χ2v) is 9.66. The molecule has 28 heavy (non-hydrogen) atoms. The third-order valence-electron chi connectivity index (χ3n) is 5.56. The van der Waals surface area contributed by atoms with Crippen molar-refractivity contribution >= 4 is 15.7 Å². The van der Waals surface area contributed by atoms with Crippen LogP contribution in [0.4, 0.5) is 5.69 Å². The summed E-state index contributed by atoms with van der Waals surface area (Å²) in [5.74, 6) is 0.619. The van der Waals surface area contributed by atoms with Crippen LogP contribution in [0.2, 0.25) is 0 Å². The van der Waals surface area contributed by atoms with E-state index in [0.717, 1.165) is 26.1 Å². The summed E-state index contributed by atoms with van der Waals surface area (Å²) in [5.41, 5.74) is 1.17. The SMILES string of the molecule is O=[N+]([O-])c1ccc(S(=O)(=O)N2CC3CC(CN(Cc4ccccc4)C3)C2)cc1. The lowest BCUT2D eigenvalue weighted by molar-refractivity contribution is -0.384. The highest BCUT2D eigenvalue weighted by Crippen LogP contribution is 2.32. The molecule has 148 valence electrons. The minimum Gasteiger partial charge on any atom is -0.298 e. The summed E-state index contributed by atoms with van der Waals surface area (Å²) in [6, 6.07) is 15.5. The van der Waals surface area contributed by atoms with E-state index in [1.165, 1.54) is 29.8 Å². The van der Waals surface area contributed by atoms with Gasteiger partial charge in [-0.3, -0.25) is 15.0 Å². The molecule has 0 amide bonds. The zero-order valence-electron chi connectivity index (χ0n) is 15.5. The van der Waals surface area contributed by atoms with Crippen LogP contribution in [0, 0.1) is 22.0 Å². The number of fused-ring (bicyclic) bond motifs is 2. The smallest absolute Gasteiger partial charge is 0.269 e. The maximum absolute atomic E-state index is 13.0. The quantitative estimate of drug-likeness (QED) is 0.568. The summed E-state index contributed by atoms with van der Waals surface area (Å²) >= 11 is 0. The molecule has 2 aliphatic heterocycles. The number of nitrogens with zero attached hydrogens (tertiary/aromatic N) is 3. The van der Waals surface area contributed by atoms with Gasteiger partial charge in [0.25, 0.3) is 5.69 Å². The molecular weight excluding hydrogens is 378 g/mol. The fourth-order valence-corrected chi connectivity index (χ4v) is 5.99. The molecule has 0 saturated carbocycles. The number of benzene rings is 2. The number of nitro groups is 1. The summed E-state index contributed by atoms with van der Waals surface area (Å²) in [4.78, 5) is 12.8. The molecule has 2 aromatic rings. The second-order valence-electron chi connectivity index (χ2n) is 7.72. The summed E-state index contributed by atoms with van der Waals surface area (Å²) in [6.45, 7) is 3.67. The van der Waals surface area contributed by atoms with Gasteiger partial charge < -0.3 is 0 Å². The minimum atomic E-state index is -3.63. The minimum absolute atomic E-state index is 0.106. The van der Waals surface area contributed by atoms with E-state index in [1.54, 1.807) is 4.31 Å². The van der Waals surface area contributed by atoms with Crippen LogP contribution in [0.15, 0.2) is 59.5 Å². The Morgan fingerprint density at radius 3 is 2.11 bits per heavy atom. The van der Waals surface area contributed by atoms with Crippen molar-refractivity contribution in [3.05, 3.63) is 70.3 Å². The zero-order chi connectivity index (χ0) is 19.7. The van der Waals surface area contributed by atoms with Gasteiger partial charge in [-0.1, -0.05) is 30.3 Å². The number of likely N-dealkylation sites (tertiary alicyclic amines) is 1. The van der Waals surface area contributed by atoms with Crippen LogP contribution >= 0.6 is 0 Å². The maximum Gasteiger partial charge on any atom is 0.269 e. The molecule has 2 unspecified atom stereocenters. The fourth-order valence-electron chi connectivity index (χ4n) is 4.40. The van der Waals surface area contributed by atoms with Crippen molar-refractivity contribution in [2.45, 2.75) is 17.9 Å². The molecular formula is C20H23N3O4S. The van der Waals surface area contributed by atoms with Crippen LogP contribution in [0.25, 0.3) is 0 Å². The van der Waals surface area contributed by atoms with Crippen LogP contribution in [-0.2, 0) is 16.6 Å². The van der Waals surface area contributed by atoms with Crippen molar-refractivity contribution in [3.8, 4) is 0 Å². The largest absolute Gasteiger partial charge is 0.298 e. The van der Waals surface area contributed by atoms with Gasteiger partial charge in [-0.2, -0.15) is 4.31 Å². The molecule has 0 N–H and O–H groups in total. The van der Waals surface area contributed by atoms with Gasteiger partial charge in [0.15, 0.2) is 0 Å². The first-order valence-corrected chi connectivity index (χ1v) is 10.9. The summed E-state index contributed by atoms with van der Waals surface area (Å²) in [5, 5.41) is 10.8. The first-order chi connectivity index (χ1) is 13.4. The third kappa shape index (κ3) is 3.94. The topological polar surface area (TPSA) is 83.8 Å². The van der Waals surface area contributed by atoms with Gasteiger partial charge in [0.05, 0.1) is 9.82 Å². The van der Waals surface area contributed by atoms with Gasteiger partial charge in [-0.05, 0) is 36.0 Å². The molecule has 2 bridgehead atoms. The average Bonchev–Trinajstić information content (AvgIpc) is 2.68. The number of rotatable bonds is 5. The highest BCUT2D eigenvalue weighted by molar-refractivity contribution is 7.89. The Bertz CT molecular complexity index is 933. The van der Waals surface area contributed by atoms with Gasteiger partial charge in [0, 0.05) is 44.9 Å². The Morgan fingerprint density at radius 2 is 1.54 bits per heavy atom. The molecule has 2 saturated heterocycles. The normalized spacial score (nSPS) is 23.4. The number of piperidine rings is 2. The van der Waals surface area contributed by atoms with E-state index >= 15 is 0 Å². The number of hydrogen-bond donors (Lipinski definition) is 0. The van der Waals surface area contributed by atoms with Crippen LogP contribution in [0.3, 0.4) is 0 Å². The van der Waals surface area contributed by atoms with Crippen molar-refractivity contribution in [1.29, 1.82) is 0 Å². The molecule has 2 heterocycles. The van der Waals surface area contributed by atoms with E-state index < -0.39 is 14.9 Å². The Hall–Kier alpha value is -2.29. The molecule has 2 atom stereocenters. The Morgan fingerprint density at radius 1 is 0.929 bits per heavy atom. The van der Waals surface area contributed by atoms with E-state index in [9.17, 15) is 18.5 Å². The molecule has 0 spiro atoms. The van der Waals surface area contributed by atoms with Gasteiger partial charge in [0.1, 0.15) is 0 Å². The predicted octanol–water partition coefficient (Wildman–Crippen LogP) is 2.74. The van der Waals surface area contributed by atoms with Crippen LogP contribution in [0.5, 0.6) is 0 Å². The average molecular weight is 401 g/mol.